The maximum Gasteiger partial charge on any atom is 0.178 e. The van der Waals surface area contributed by atoms with Gasteiger partial charge >= 0.3 is 0 Å². The second-order valence-electron chi connectivity index (χ2n) is 5.55. The van der Waals surface area contributed by atoms with Gasteiger partial charge in [-0.25, -0.2) is 9.97 Å². The molecule has 0 aromatic carbocycles. The van der Waals surface area contributed by atoms with E-state index < -0.39 is 0 Å². The number of aromatic nitrogens is 3. The van der Waals surface area contributed by atoms with Crippen LogP contribution >= 0.6 is 0 Å². The van der Waals surface area contributed by atoms with Crippen LogP contribution in [0.5, 0.6) is 0 Å². The zero-order valence-corrected chi connectivity index (χ0v) is 12.8. The van der Waals surface area contributed by atoms with E-state index in [2.05, 4.69) is 28.3 Å². The average molecular weight is 282 g/mol. The van der Waals surface area contributed by atoms with Gasteiger partial charge in [0.1, 0.15) is 5.69 Å². The van der Waals surface area contributed by atoms with Gasteiger partial charge in [0.15, 0.2) is 5.82 Å². The molecule has 2 aromatic heterocycles. The van der Waals surface area contributed by atoms with Gasteiger partial charge in [-0.05, 0) is 44.4 Å². The Labute approximate surface area is 126 Å². The van der Waals surface area contributed by atoms with E-state index in [9.17, 15) is 0 Å². The number of hydrogen-bond donors (Lipinski definition) is 1. The highest BCUT2D eigenvalue weighted by atomic mass is 14.9. The summed E-state index contributed by atoms with van der Waals surface area (Å²) in [7, 11) is 2.02. The Morgan fingerprint density at radius 3 is 3.00 bits per heavy atom. The highest BCUT2D eigenvalue weighted by molar-refractivity contribution is 5.55. The van der Waals surface area contributed by atoms with Crippen LogP contribution in [0.15, 0.2) is 24.5 Å². The largest absolute Gasteiger partial charge is 0.313 e. The SMILES string of the molecule is CCc1cccnc1-c1ncc2c(n1)CCCCC2NC. The predicted molar refractivity (Wildman–Crippen MR) is 84.0 cm³/mol. The van der Waals surface area contributed by atoms with E-state index in [1.807, 2.05) is 25.5 Å². The molecule has 3 rings (SSSR count). The van der Waals surface area contributed by atoms with Gasteiger partial charge in [0.05, 0.1) is 0 Å². The molecule has 1 aliphatic rings. The summed E-state index contributed by atoms with van der Waals surface area (Å²) in [6.45, 7) is 2.14. The maximum absolute atomic E-state index is 4.84. The summed E-state index contributed by atoms with van der Waals surface area (Å²) in [4.78, 5) is 13.9. The summed E-state index contributed by atoms with van der Waals surface area (Å²) in [5, 5.41) is 3.39. The van der Waals surface area contributed by atoms with Crippen LogP contribution in [0.1, 0.15) is 49.0 Å². The summed E-state index contributed by atoms with van der Waals surface area (Å²) in [6.07, 6.45) is 9.40. The molecule has 0 bridgehead atoms. The fourth-order valence-electron chi connectivity index (χ4n) is 3.05. The fraction of sp³-hybridized carbons (Fsp3) is 0.471. The molecule has 0 aliphatic heterocycles. The lowest BCUT2D eigenvalue weighted by atomic mass is 10.0. The van der Waals surface area contributed by atoms with Crippen molar-refractivity contribution in [2.75, 3.05) is 7.05 Å². The van der Waals surface area contributed by atoms with Gasteiger partial charge in [0.25, 0.3) is 0 Å². The van der Waals surface area contributed by atoms with E-state index in [0.717, 1.165) is 30.8 Å². The minimum absolute atomic E-state index is 0.380. The minimum atomic E-state index is 0.380. The smallest absolute Gasteiger partial charge is 0.178 e. The average Bonchev–Trinajstić information content (AvgIpc) is 2.76. The van der Waals surface area contributed by atoms with E-state index >= 15 is 0 Å². The predicted octanol–water partition coefficient (Wildman–Crippen LogP) is 3.09. The Morgan fingerprint density at radius 1 is 1.29 bits per heavy atom. The first-order valence-corrected chi connectivity index (χ1v) is 7.80. The Bertz CT molecular complexity index is 624. The van der Waals surface area contributed by atoms with E-state index in [4.69, 9.17) is 4.98 Å². The molecule has 1 atom stereocenters. The normalized spacial score (nSPS) is 18.1. The van der Waals surface area contributed by atoms with Crippen LogP contribution < -0.4 is 5.32 Å². The third kappa shape index (κ3) is 2.81. The molecule has 4 nitrogen and oxygen atoms in total. The molecule has 2 aromatic rings. The minimum Gasteiger partial charge on any atom is -0.313 e. The standard InChI is InChI=1S/C17H22N4/c1-3-12-7-6-10-19-16(12)17-20-11-13-14(18-2)8-4-5-9-15(13)21-17/h6-7,10-11,14,18H,3-5,8-9H2,1-2H3. The van der Waals surface area contributed by atoms with Gasteiger partial charge in [-0.2, -0.15) is 0 Å². The lowest BCUT2D eigenvalue weighted by molar-refractivity contribution is 0.532. The van der Waals surface area contributed by atoms with E-state index in [0.29, 0.717) is 6.04 Å². The van der Waals surface area contributed by atoms with Crippen molar-refractivity contribution in [1.29, 1.82) is 0 Å². The van der Waals surface area contributed by atoms with E-state index in [1.165, 1.54) is 29.7 Å². The Kier molecular flexibility index (Phi) is 4.25. The van der Waals surface area contributed by atoms with Crippen molar-refractivity contribution in [3.8, 4) is 11.5 Å². The van der Waals surface area contributed by atoms with Crippen LogP contribution in [-0.4, -0.2) is 22.0 Å². The van der Waals surface area contributed by atoms with Crippen molar-refractivity contribution >= 4 is 0 Å². The number of nitrogens with zero attached hydrogens (tertiary/aromatic N) is 3. The second-order valence-corrected chi connectivity index (χ2v) is 5.55. The highest BCUT2D eigenvalue weighted by Gasteiger charge is 2.20. The lowest BCUT2D eigenvalue weighted by Gasteiger charge is -2.16. The molecule has 1 N–H and O–H groups in total. The summed E-state index contributed by atoms with van der Waals surface area (Å²) in [5.74, 6) is 0.767. The molecule has 4 heteroatoms. The Balaban J connectivity index is 2.04. The summed E-state index contributed by atoms with van der Waals surface area (Å²) in [6, 6.07) is 4.46. The van der Waals surface area contributed by atoms with E-state index in [1.54, 1.807) is 0 Å². The third-order valence-corrected chi connectivity index (χ3v) is 4.26. The summed E-state index contributed by atoms with van der Waals surface area (Å²) >= 11 is 0. The maximum atomic E-state index is 4.84. The number of hydrogen-bond acceptors (Lipinski definition) is 4. The summed E-state index contributed by atoms with van der Waals surface area (Å²) in [5.41, 5.74) is 4.57. The quantitative estimate of drug-likeness (QED) is 0.879. The fourth-order valence-corrected chi connectivity index (χ4v) is 3.05. The number of nitrogens with one attached hydrogen (secondary N) is 1. The molecule has 0 fully saturated rings. The van der Waals surface area contributed by atoms with Crippen molar-refractivity contribution < 1.29 is 0 Å². The molecular weight excluding hydrogens is 260 g/mol. The van der Waals surface area contributed by atoms with Gasteiger partial charge in [0.2, 0.25) is 0 Å². The van der Waals surface area contributed by atoms with Gasteiger partial charge < -0.3 is 5.32 Å². The third-order valence-electron chi connectivity index (χ3n) is 4.26. The zero-order chi connectivity index (χ0) is 14.7. The topological polar surface area (TPSA) is 50.7 Å². The molecule has 0 saturated carbocycles. The van der Waals surface area contributed by atoms with Crippen LogP contribution in [0.3, 0.4) is 0 Å². The molecule has 0 saturated heterocycles. The van der Waals surface area contributed by atoms with Crippen LogP contribution in [-0.2, 0) is 12.8 Å². The number of aryl methyl sites for hydroxylation is 2. The van der Waals surface area contributed by atoms with Gasteiger partial charge in [-0.1, -0.05) is 19.4 Å². The van der Waals surface area contributed by atoms with Crippen molar-refractivity contribution in [3.63, 3.8) is 0 Å². The van der Waals surface area contributed by atoms with Gasteiger partial charge in [0, 0.05) is 29.7 Å². The monoisotopic (exact) mass is 282 g/mol. The molecule has 1 aliphatic carbocycles. The summed E-state index contributed by atoms with van der Waals surface area (Å²) < 4.78 is 0. The molecule has 21 heavy (non-hydrogen) atoms. The molecule has 1 unspecified atom stereocenters. The van der Waals surface area contributed by atoms with Crippen molar-refractivity contribution in [2.45, 2.75) is 45.1 Å². The van der Waals surface area contributed by atoms with Crippen molar-refractivity contribution in [1.82, 2.24) is 20.3 Å². The molecular formula is C17H22N4. The first-order valence-electron chi connectivity index (χ1n) is 7.80. The first-order chi connectivity index (χ1) is 10.3. The van der Waals surface area contributed by atoms with Gasteiger partial charge in [-0.15, -0.1) is 0 Å². The Hall–Kier alpha value is -1.81. The zero-order valence-electron chi connectivity index (χ0n) is 12.8. The molecule has 0 amide bonds. The lowest BCUT2D eigenvalue weighted by Crippen LogP contribution is -2.17. The number of rotatable bonds is 3. The molecule has 110 valence electrons. The van der Waals surface area contributed by atoms with Crippen LogP contribution in [0.2, 0.25) is 0 Å². The molecule has 0 spiro atoms. The van der Waals surface area contributed by atoms with E-state index in [-0.39, 0.29) is 0 Å². The first kappa shape index (κ1) is 14.1. The van der Waals surface area contributed by atoms with Crippen LogP contribution in [0, 0.1) is 0 Å². The van der Waals surface area contributed by atoms with Crippen molar-refractivity contribution in [2.24, 2.45) is 0 Å². The number of fused-ring (bicyclic) bond motifs is 1. The molecule has 0 radical (unpaired) electrons. The van der Waals surface area contributed by atoms with Crippen LogP contribution in [0.25, 0.3) is 11.5 Å². The highest BCUT2D eigenvalue weighted by Crippen LogP contribution is 2.28. The van der Waals surface area contributed by atoms with Crippen molar-refractivity contribution in [3.05, 3.63) is 41.3 Å². The number of pyridine rings is 1. The van der Waals surface area contributed by atoms with Gasteiger partial charge in [-0.3, -0.25) is 4.98 Å². The molecule has 2 heterocycles. The van der Waals surface area contributed by atoms with Crippen LogP contribution in [0.4, 0.5) is 0 Å². The Morgan fingerprint density at radius 2 is 2.19 bits per heavy atom. The second kappa shape index (κ2) is 6.31.